The quantitative estimate of drug-likeness (QED) is 0.486. The van der Waals surface area contributed by atoms with E-state index in [4.69, 9.17) is 9.47 Å². The molecule has 0 saturated carbocycles. The summed E-state index contributed by atoms with van der Waals surface area (Å²) in [5, 5.41) is 5.11. The van der Waals surface area contributed by atoms with Crippen LogP contribution in [0.3, 0.4) is 0 Å². The molecule has 0 spiro atoms. The normalized spacial score (nSPS) is 14.6. The van der Waals surface area contributed by atoms with Gasteiger partial charge in [-0.1, -0.05) is 23.9 Å². The summed E-state index contributed by atoms with van der Waals surface area (Å²) in [5.74, 6) is 0.975. The van der Waals surface area contributed by atoms with Gasteiger partial charge in [0.05, 0.1) is 25.0 Å². The zero-order chi connectivity index (χ0) is 22.1. The van der Waals surface area contributed by atoms with Crippen LogP contribution in [0, 0.1) is 0 Å². The Kier molecular flexibility index (Phi) is 5.69. The summed E-state index contributed by atoms with van der Waals surface area (Å²) in [6.07, 6.45) is 1.17. The number of fused-ring (bicyclic) bond motifs is 3. The van der Waals surface area contributed by atoms with Crippen molar-refractivity contribution in [2.75, 3.05) is 24.9 Å². The van der Waals surface area contributed by atoms with Crippen molar-refractivity contribution in [3.05, 3.63) is 58.4 Å². The smallest absolute Gasteiger partial charge is 0.325 e. The van der Waals surface area contributed by atoms with Gasteiger partial charge in [-0.05, 0) is 48.2 Å². The number of aromatic amines is 1. The molecule has 0 aliphatic carbocycles. The number of nitrogens with one attached hydrogen (secondary N) is 1. The van der Waals surface area contributed by atoms with Crippen molar-refractivity contribution in [3.63, 3.8) is 0 Å². The molecule has 0 bridgehead atoms. The van der Waals surface area contributed by atoms with E-state index in [-0.39, 0.29) is 11.5 Å². The molecular formula is C22H23N4O4S+. The van der Waals surface area contributed by atoms with Gasteiger partial charge in [0.25, 0.3) is 6.17 Å². The van der Waals surface area contributed by atoms with Crippen molar-refractivity contribution >= 4 is 23.4 Å². The first kappa shape index (κ1) is 20.9. The minimum Gasteiger partial charge on any atom is -0.493 e. The van der Waals surface area contributed by atoms with Crippen LogP contribution in [0.1, 0.15) is 25.6 Å². The topological polar surface area (TPSA) is 88.4 Å². The van der Waals surface area contributed by atoms with E-state index in [9.17, 15) is 9.59 Å². The van der Waals surface area contributed by atoms with Crippen molar-refractivity contribution in [1.82, 2.24) is 10.1 Å². The summed E-state index contributed by atoms with van der Waals surface area (Å²) in [6.45, 7) is 3.90. The molecule has 0 saturated heterocycles. The third-order valence-electron chi connectivity index (χ3n) is 5.08. The zero-order valence-corrected chi connectivity index (χ0v) is 18.5. The summed E-state index contributed by atoms with van der Waals surface area (Å²) in [5.41, 5.74) is 2.16. The van der Waals surface area contributed by atoms with Crippen molar-refractivity contribution in [2.45, 2.75) is 25.2 Å². The maximum absolute atomic E-state index is 13.0. The van der Waals surface area contributed by atoms with Gasteiger partial charge in [-0.2, -0.15) is 0 Å². The molecule has 1 aromatic heterocycles. The number of ether oxygens (including phenoxy) is 2. The number of nitrogens with zero attached hydrogens (tertiary/aromatic N) is 3. The molecule has 4 rings (SSSR count). The molecular weight excluding hydrogens is 416 g/mol. The number of methoxy groups -OCH3 is 1. The Labute approximate surface area is 183 Å². The second-order valence-electron chi connectivity index (χ2n) is 6.88. The zero-order valence-electron chi connectivity index (χ0n) is 17.7. The molecule has 0 unspecified atom stereocenters. The lowest BCUT2D eigenvalue weighted by Crippen LogP contribution is -2.60. The number of benzene rings is 2. The molecule has 160 valence electrons. The summed E-state index contributed by atoms with van der Waals surface area (Å²) in [7, 11) is 1.57. The average Bonchev–Trinajstić information content (AvgIpc) is 2.78. The monoisotopic (exact) mass is 439 g/mol. The first-order chi connectivity index (χ1) is 15.0. The summed E-state index contributed by atoms with van der Waals surface area (Å²) in [6, 6.07) is 12.8. The third kappa shape index (κ3) is 3.54. The van der Waals surface area contributed by atoms with Crippen molar-refractivity contribution in [1.29, 1.82) is 0 Å². The highest BCUT2D eigenvalue weighted by Gasteiger charge is 2.45. The molecule has 1 aliphatic heterocycles. The van der Waals surface area contributed by atoms with Crippen molar-refractivity contribution in [2.24, 2.45) is 0 Å². The number of aromatic nitrogens is 3. The van der Waals surface area contributed by atoms with Crippen LogP contribution in [0.5, 0.6) is 11.5 Å². The second kappa shape index (κ2) is 8.43. The Balaban J connectivity index is 2.03. The Morgan fingerprint density at radius 2 is 2.03 bits per heavy atom. The molecule has 1 amide bonds. The van der Waals surface area contributed by atoms with Crippen LogP contribution < -0.4 is 24.6 Å². The fourth-order valence-corrected chi connectivity index (χ4v) is 4.19. The number of amides is 1. The van der Waals surface area contributed by atoms with Crippen molar-refractivity contribution < 1.29 is 19.0 Å². The average molecular weight is 440 g/mol. The first-order valence-corrected chi connectivity index (χ1v) is 11.0. The molecule has 0 radical (unpaired) electrons. The molecule has 2 aromatic carbocycles. The van der Waals surface area contributed by atoms with Gasteiger partial charge in [0.15, 0.2) is 11.5 Å². The highest BCUT2D eigenvalue weighted by Crippen LogP contribution is 2.39. The number of anilines is 1. The standard InChI is InChI=1S/C22H22N4O4S/c1-5-30-17-11-10-14(12-18(17)29-3)21-25(13(2)27)16-9-7-6-8-15(16)19-20(28)23-22(31-4)24-26(19)21/h6-12,21H,5H2,1-4H3/p+1/t21-/m1/s1. The minimum atomic E-state index is -0.667. The van der Waals surface area contributed by atoms with Crippen LogP contribution in [-0.4, -0.2) is 36.0 Å². The van der Waals surface area contributed by atoms with E-state index in [1.165, 1.54) is 18.7 Å². The number of hydrogen-bond acceptors (Lipinski definition) is 6. The molecule has 0 fully saturated rings. The lowest BCUT2D eigenvalue weighted by atomic mass is 10.0. The van der Waals surface area contributed by atoms with Gasteiger partial charge < -0.3 is 9.47 Å². The predicted molar refractivity (Wildman–Crippen MR) is 118 cm³/mol. The Hall–Kier alpha value is -3.33. The Morgan fingerprint density at radius 1 is 1.26 bits per heavy atom. The Morgan fingerprint density at radius 3 is 2.71 bits per heavy atom. The first-order valence-electron chi connectivity index (χ1n) is 9.80. The fraction of sp³-hybridized carbons (Fsp3) is 0.273. The van der Waals surface area contributed by atoms with Gasteiger partial charge >= 0.3 is 11.3 Å². The maximum atomic E-state index is 13.0. The minimum absolute atomic E-state index is 0.170. The SMILES string of the molecule is CCOc1ccc([C@@H]2N(C(C)=O)c3ccccc3-c3c(=O)[nH]c(SC)n[n+]32)cc1OC. The van der Waals surface area contributed by atoms with E-state index in [1.807, 2.05) is 49.6 Å². The number of hydrogen-bond donors (Lipinski definition) is 1. The molecule has 31 heavy (non-hydrogen) atoms. The highest BCUT2D eigenvalue weighted by atomic mass is 32.2. The number of thioether (sulfide) groups is 1. The molecule has 1 N–H and O–H groups in total. The van der Waals surface area contributed by atoms with E-state index in [2.05, 4.69) is 10.1 Å². The molecule has 2 heterocycles. The second-order valence-corrected chi connectivity index (χ2v) is 7.67. The van der Waals surface area contributed by atoms with Crippen LogP contribution in [0.15, 0.2) is 52.4 Å². The maximum Gasteiger partial charge on any atom is 0.325 e. The molecule has 1 aliphatic rings. The van der Waals surface area contributed by atoms with E-state index in [0.717, 1.165) is 5.56 Å². The largest absolute Gasteiger partial charge is 0.493 e. The predicted octanol–water partition coefficient (Wildman–Crippen LogP) is 2.77. The van der Waals surface area contributed by atoms with Crippen LogP contribution >= 0.6 is 11.8 Å². The highest BCUT2D eigenvalue weighted by molar-refractivity contribution is 7.98. The van der Waals surface area contributed by atoms with Crippen LogP contribution in [0.4, 0.5) is 5.69 Å². The lowest BCUT2D eigenvalue weighted by Gasteiger charge is -2.31. The number of H-pyrrole nitrogens is 1. The van der Waals surface area contributed by atoms with E-state index in [1.54, 1.807) is 22.8 Å². The molecule has 3 aromatic rings. The van der Waals surface area contributed by atoms with Gasteiger partial charge in [0.1, 0.15) is 0 Å². The summed E-state index contributed by atoms with van der Waals surface area (Å²) >= 11 is 1.33. The summed E-state index contributed by atoms with van der Waals surface area (Å²) in [4.78, 5) is 30.4. The van der Waals surface area contributed by atoms with Gasteiger partial charge in [-0.3, -0.25) is 14.6 Å². The van der Waals surface area contributed by atoms with Crippen LogP contribution in [0.2, 0.25) is 0 Å². The number of rotatable bonds is 5. The Bertz CT molecular complexity index is 1210. The van der Waals surface area contributed by atoms with Crippen LogP contribution in [0.25, 0.3) is 11.3 Å². The van der Waals surface area contributed by atoms with Gasteiger partial charge in [-0.15, -0.1) is 0 Å². The fourth-order valence-electron chi connectivity index (χ4n) is 3.82. The van der Waals surface area contributed by atoms with Gasteiger partial charge in [-0.25, -0.2) is 4.90 Å². The third-order valence-corrected chi connectivity index (χ3v) is 5.65. The number of para-hydroxylation sites is 1. The number of carbonyl (C=O) groups excluding carboxylic acids is 1. The van der Waals surface area contributed by atoms with Gasteiger partial charge in [0.2, 0.25) is 11.1 Å². The molecule has 9 heteroatoms. The summed E-state index contributed by atoms with van der Waals surface area (Å²) < 4.78 is 12.8. The van der Waals surface area contributed by atoms with E-state index in [0.29, 0.717) is 40.2 Å². The molecule has 8 nitrogen and oxygen atoms in total. The van der Waals surface area contributed by atoms with E-state index < -0.39 is 6.17 Å². The lowest BCUT2D eigenvalue weighted by molar-refractivity contribution is -0.763. The molecule has 1 atom stereocenters. The van der Waals surface area contributed by atoms with Crippen molar-refractivity contribution in [3.8, 4) is 22.8 Å². The number of carbonyl (C=O) groups is 1. The van der Waals surface area contributed by atoms with E-state index >= 15 is 0 Å². The van der Waals surface area contributed by atoms with Crippen LogP contribution in [-0.2, 0) is 4.79 Å². The van der Waals surface area contributed by atoms with Gasteiger partial charge in [0, 0.05) is 17.6 Å².